The number of aryl methyl sites for hydroxylation is 2. The number of hydrogen-bond acceptors (Lipinski definition) is 8. The second-order valence-electron chi connectivity index (χ2n) is 8.51. The smallest absolute Gasteiger partial charge is 0.258 e. The predicted octanol–water partition coefficient (Wildman–Crippen LogP) is 3.93. The fraction of sp³-hybridized carbons (Fsp3) is 0.320. The van der Waals surface area contributed by atoms with Crippen LogP contribution in [0, 0.1) is 13.8 Å². The van der Waals surface area contributed by atoms with Crippen LogP contribution in [0.2, 0.25) is 0 Å². The lowest BCUT2D eigenvalue weighted by atomic mass is 10.1. The number of benzene rings is 2. The molecule has 1 atom stereocenters. The summed E-state index contributed by atoms with van der Waals surface area (Å²) in [6.07, 6.45) is 4.72. The van der Waals surface area contributed by atoms with E-state index in [0.717, 1.165) is 29.5 Å². The quantitative estimate of drug-likeness (QED) is 0.414. The summed E-state index contributed by atoms with van der Waals surface area (Å²) in [6, 6.07) is 9.03. The Hall–Kier alpha value is -4.21. The number of methoxy groups -OCH3 is 2. The van der Waals surface area contributed by atoms with E-state index in [-0.39, 0.29) is 11.9 Å². The zero-order valence-electron chi connectivity index (χ0n) is 20.1. The lowest BCUT2D eigenvalue weighted by Gasteiger charge is -2.24. The van der Waals surface area contributed by atoms with Crippen molar-refractivity contribution in [3.05, 3.63) is 65.2 Å². The lowest BCUT2D eigenvalue weighted by molar-refractivity contribution is 0.0727. The molecule has 4 aromatic rings. The normalized spacial score (nSPS) is 15.4. The van der Waals surface area contributed by atoms with E-state index in [1.54, 1.807) is 37.6 Å². The number of carbonyl (C=O) groups is 1. The number of hydrogen-bond donors (Lipinski definition) is 0. The van der Waals surface area contributed by atoms with E-state index in [2.05, 4.69) is 20.3 Å². The topological polar surface area (TPSA) is 108 Å². The molecule has 0 N–H and O–H groups in total. The number of nitrogens with zero attached hydrogens (tertiary/aromatic N) is 6. The van der Waals surface area contributed by atoms with Gasteiger partial charge in [-0.25, -0.2) is 0 Å². The molecule has 5 rings (SSSR count). The van der Waals surface area contributed by atoms with Crippen molar-refractivity contribution < 1.29 is 18.8 Å². The Bertz CT molecular complexity index is 1360. The van der Waals surface area contributed by atoms with Gasteiger partial charge in [0.25, 0.3) is 11.8 Å². The number of carbonyl (C=O) groups excluding carboxylic acids is 1. The molecule has 0 radical (unpaired) electrons. The molecule has 35 heavy (non-hydrogen) atoms. The van der Waals surface area contributed by atoms with Gasteiger partial charge < -0.3 is 18.9 Å². The van der Waals surface area contributed by atoms with Crippen molar-refractivity contribution in [3.63, 3.8) is 0 Å². The van der Waals surface area contributed by atoms with Crippen molar-refractivity contribution in [1.29, 1.82) is 0 Å². The van der Waals surface area contributed by atoms with Gasteiger partial charge in [-0.15, -0.1) is 0 Å². The van der Waals surface area contributed by atoms with Crippen LogP contribution in [0.1, 0.15) is 46.2 Å². The number of aromatic nitrogens is 5. The van der Waals surface area contributed by atoms with Gasteiger partial charge in [0.05, 0.1) is 43.9 Å². The van der Waals surface area contributed by atoms with Crippen LogP contribution in [0.3, 0.4) is 0 Å². The van der Waals surface area contributed by atoms with Gasteiger partial charge in [-0.2, -0.15) is 20.0 Å². The molecule has 2 aromatic heterocycles. The first-order valence-corrected chi connectivity index (χ1v) is 11.3. The van der Waals surface area contributed by atoms with E-state index in [1.165, 1.54) is 4.80 Å². The Morgan fingerprint density at radius 2 is 1.86 bits per heavy atom. The second kappa shape index (κ2) is 9.21. The van der Waals surface area contributed by atoms with Crippen LogP contribution in [0.15, 0.2) is 47.2 Å². The van der Waals surface area contributed by atoms with Crippen LogP contribution < -0.4 is 9.47 Å². The fourth-order valence-corrected chi connectivity index (χ4v) is 4.48. The molecule has 1 saturated heterocycles. The zero-order chi connectivity index (χ0) is 24.5. The number of rotatable bonds is 6. The summed E-state index contributed by atoms with van der Waals surface area (Å²) < 4.78 is 16.4. The molecule has 180 valence electrons. The first kappa shape index (κ1) is 22.6. The van der Waals surface area contributed by atoms with Crippen molar-refractivity contribution in [2.75, 3.05) is 20.8 Å². The van der Waals surface area contributed by atoms with Crippen LogP contribution in [0.25, 0.3) is 17.1 Å². The average Bonchev–Trinajstić information content (AvgIpc) is 3.64. The molecule has 1 fully saturated rings. The Kier molecular flexibility index (Phi) is 5.94. The molecule has 1 aliphatic rings. The van der Waals surface area contributed by atoms with Gasteiger partial charge in [0.2, 0.25) is 0 Å². The maximum Gasteiger partial charge on any atom is 0.258 e. The first-order valence-electron chi connectivity index (χ1n) is 11.3. The molecule has 0 spiro atoms. The highest BCUT2D eigenvalue weighted by atomic mass is 16.5. The summed E-state index contributed by atoms with van der Waals surface area (Å²) in [4.78, 5) is 21.7. The summed E-state index contributed by atoms with van der Waals surface area (Å²) in [5.74, 6) is 2.03. The Balaban J connectivity index is 1.49. The summed E-state index contributed by atoms with van der Waals surface area (Å²) in [5, 5.41) is 12.7. The molecule has 2 aromatic carbocycles. The number of likely N-dealkylation sites (tertiary alicyclic amines) is 1. The maximum atomic E-state index is 13.8. The van der Waals surface area contributed by atoms with Crippen LogP contribution in [0.4, 0.5) is 0 Å². The van der Waals surface area contributed by atoms with Crippen molar-refractivity contribution in [1.82, 2.24) is 30.0 Å². The molecule has 10 heteroatoms. The van der Waals surface area contributed by atoms with E-state index >= 15 is 0 Å². The first-order chi connectivity index (χ1) is 17.0. The molecule has 1 unspecified atom stereocenters. The SMILES string of the molecule is COc1cc(C)cc(-c2nc(C3CCCN3C(=O)c3cc(OC)c(C)cc3-n3nccn3)no2)c1. The fourth-order valence-electron chi connectivity index (χ4n) is 4.48. The third-order valence-corrected chi connectivity index (χ3v) is 6.16. The van der Waals surface area contributed by atoms with E-state index in [1.807, 2.05) is 38.1 Å². The van der Waals surface area contributed by atoms with Crippen LogP contribution in [-0.4, -0.2) is 56.7 Å². The van der Waals surface area contributed by atoms with Crippen molar-refractivity contribution in [2.45, 2.75) is 32.7 Å². The summed E-state index contributed by atoms with van der Waals surface area (Å²) >= 11 is 0. The third-order valence-electron chi connectivity index (χ3n) is 6.16. The largest absolute Gasteiger partial charge is 0.497 e. The number of amides is 1. The third kappa shape index (κ3) is 4.23. The minimum Gasteiger partial charge on any atom is -0.497 e. The lowest BCUT2D eigenvalue weighted by Crippen LogP contribution is -2.32. The minimum absolute atomic E-state index is 0.165. The standard InChI is InChI=1S/C25H26N6O4/c1-15-10-17(13-18(11-15)33-3)24-28-23(29-35-24)20-6-5-9-30(20)25(32)19-14-22(34-4)16(2)12-21(19)31-26-7-8-27-31/h7-8,10-14,20H,5-6,9H2,1-4H3. The molecule has 3 heterocycles. The molecule has 1 amide bonds. The van der Waals surface area contributed by atoms with Crippen molar-refractivity contribution in [2.24, 2.45) is 0 Å². The van der Waals surface area contributed by atoms with Gasteiger partial charge in [0.1, 0.15) is 11.5 Å². The van der Waals surface area contributed by atoms with Gasteiger partial charge in [-0.05, 0) is 68.1 Å². The van der Waals surface area contributed by atoms with Gasteiger partial charge >= 0.3 is 0 Å². The highest BCUT2D eigenvalue weighted by molar-refractivity contribution is 5.98. The Morgan fingerprint density at radius 3 is 2.60 bits per heavy atom. The number of ether oxygens (including phenoxy) is 2. The van der Waals surface area contributed by atoms with Gasteiger partial charge in [0.15, 0.2) is 5.82 Å². The van der Waals surface area contributed by atoms with Gasteiger partial charge in [-0.3, -0.25) is 4.79 Å². The summed E-state index contributed by atoms with van der Waals surface area (Å²) in [5.41, 5.74) is 3.70. The van der Waals surface area contributed by atoms with Crippen molar-refractivity contribution in [3.8, 4) is 28.6 Å². The molecule has 0 saturated carbocycles. The van der Waals surface area contributed by atoms with E-state index in [4.69, 9.17) is 14.0 Å². The zero-order valence-corrected chi connectivity index (χ0v) is 20.1. The molecular weight excluding hydrogens is 448 g/mol. The predicted molar refractivity (Wildman–Crippen MR) is 127 cm³/mol. The van der Waals surface area contributed by atoms with Crippen LogP contribution in [-0.2, 0) is 0 Å². The van der Waals surface area contributed by atoms with E-state index in [0.29, 0.717) is 41.0 Å². The minimum atomic E-state index is -0.308. The highest BCUT2D eigenvalue weighted by Crippen LogP contribution is 2.35. The molecule has 1 aliphatic heterocycles. The van der Waals surface area contributed by atoms with Gasteiger partial charge in [-0.1, -0.05) is 5.16 Å². The molecule has 0 bridgehead atoms. The van der Waals surface area contributed by atoms with E-state index in [9.17, 15) is 4.79 Å². The average molecular weight is 475 g/mol. The van der Waals surface area contributed by atoms with Crippen LogP contribution in [0.5, 0.6) is 11.5 Å². The van der Waals surface area contributed by atoms with Crippen LogP contribution >= 0.6 is 0 Å². The monoisotopic (exact) mass is 474 g/mol. The maximum absolute atomic E-state index is 13.8. The summed E-state index contributed by atoms with van der Waals surface area (Å²) in [7, 11) is 3.20. The molecule has 0 aliphatic carbocycles. The molecular formula is C25H26N6O4. The van der Waals surface area contributed by atoms with Crippen molar-refractivity contribution >= 4 is 5.91 Å². The Labute approximate surface area is 202 Å². The molecule has 10 nitrogen and oxygen atoms in total. The van der Waals surface area contributed by atoms with Gasteiger partial charge in [0, 0.05) is 12.1 Å². The van der Waals surface area contributed by atoms with E-state index < -0.39 is 0 Å². The summed E-state index contributed by atoms with van der Waals surface area (Å²) in [6.45, 7) is 4.47. The second-order valence-corrected chi connectivity index (χ2v) is 8.51. The Morgan fingerprint density at radius 1 is 1.06 bits per heavy atom. The highest BCUT2D eigenvalue weighted by Gasteiger charge is 2.35.